The Balaban J connectivity index is 1.54. The molecule has 0 aromatic heterocycles. The monoisotopic (exact) mass is 568 g/mol. The molecule has 2 saturated carbocycles. The van der Waals surface area contributed by atoms with Crippen molar-refractivity contribution >= 4 is 23.6 Å². The third-order valence-electron chi connectivity index (χ3n) is 9.67. The normalized spacial score (nSPS) is 32.5. The van der Waals surface area contributed by atoms with E-state index >= 15 is 0 Å². The Kier molecular flexibility index (Phi) is 8.41. The van der Waals surface area contributed by atoms with E-state index < -0.39 is 53.9 Å². The molecule has 4 amide bonds. The van der Waals surface area contributed by atoms with Crippen LogP contribution < -0.4 is 16.0 Å². The average molecular weight is 569 g/mol. The van der Waals surface area contributed by atoms with E-state index in [4.69, 9.17) is 0 Å². The number of carbonyl (C=O) groups excluding carboxylic acids is 4. The van der Waals surface area contributed by atoms with E-state index in [1.165, 1.54) is 4.90 Å². The van der Waals surface area contributed by atoms with Crippen LogP contribution in [0.1, 0.15) is 52.4 Å². The van der Waals surface area contributed by atoms with Crippen LogP contribution in [-0.2, 0) is 19.2 Å². The SMILES string of the molecule is CN(C)C1CCC(C(NC(=O)C(F)(F)F)C(=O)N2C[C@H]3[C@@H]([C@H]2C(=O)N[C@H](C#N)CC2CCNC2=O)C3(C)C)CC1. The Morgan fingerprint density at radius 2 is 1.80 bits per heavy atom. The van der Waals surface area contributed by atoms with Crippen molar-refractivity contribution in [2.75, 3.05) is 27.2 Å². The molecule has 0 aromatic carbocycles. The number of carbonyl (C=O) groups is 4. The number of rotatable bonds is 8. The molecule has 4 aliphatic rings. The molecule has 4 fully saturated rings. The van der Waals surface area contributed by atoms with Gasteiger partial charge in [-0.1, -0.05) is 13.8 Å². The molecule has 0 radical (unpaired) electrons. The summed E-state index contributed by atoms with van der Waals surface area (Å²) in [7, 11) is 3.85. The summed E-state index contributed by atoms with van der Waals surface area (Å²) in [5.41, 5.74) is -0.263. The maximum Gasteiger partial charge on any atom is 0.471 e. The Labute approximate surface area is 232 Å². The molecule has 2 aliphatic carbocycles. The van der Waals surface area contributed by atoms with E-state index in [-0.39, 0.29) is 42.2 Å². The van der Waals surface area contributed by atoms with Crippen molar-refractivity contribution < 1.29 is 32.3 Å². The second-order valence-electron chi connectivity index (χ2n) is 12.6. The highest BCUT2D eigenvalue weighted by atomic mass is 19.4. The van der Waals surface area contributed by atoms with Gasteiger partial charge >= 0.3 is 12.1 Å². The highest BCUT2D eigenvalue weighted by molar-refractivity contribution is 5.94. The molecule has 0 bridgehead atoms. The fourth-order valence-corrected chi connectivity index (χ4v) is 7.10. The van der Waals surface area contributed by atoms with Crippen LogP contribution in [0, 0.1) is 40.4 Å². The van der Waals surface area contributed by atoms with Crippen LogP contribution in [0.3, 0.4) is 0 Å². The van der Waals surface area contributed by atoms with E-state index in [2.05, 4.69) is 10.6 Å². The molecule has 6 atom stereocenters. The van der Waals surface area contributed by atoms with Crippen LogP contribution in [0.25, 0.3) is 0 Å². The minimum Gasteiger partial charge on any atom is -0.356 e. The van der Waals surface area contributed by atoms with Gasteiger partial charge in [-0.2, -0.15) is 18.4 Å². The molecule has 10 nitrogen and oxygen atoms in total. The number of hydrogen-bond acceptors (Lipinski definition) is 6. The number of nitrogens with zero attached hydrogens (tertiary/aromatic N) is 3. The average Bonchev–Trinajstić information content (AvgIpc) is 3.23. The molecule has 222 valence electrons. The lowest BCUT2D eigenvalue weighted by Gasteiger charge is -2.39. The maximum atomic E-state index is 13.9. The minimum absolute atomic E-state index is 0.0307. The Hall–Kier alpha value is -2.88. The summed E-state index contributed by atoms with van der Waals surface area (Å²) in [6.07, 6.45) is -2.21. The van der Waals surface area contributed by atoms with Gasteiger partial charge < -0.3 is 25.8 Å². The number of nitriles is 1. The number of likely N-dealkylation sites (tertiary alicyclic amines) is 1. The van der Waals surface area contributed by atoms with E-state index in [0.717, 1.165) is 0 Å². The number of amides is 4. The smallest absolute Gasteiger partial charge is 0.356 e. The Morgan fingerprint density at radius 1 is 1.15 bits per heavy atom. The van der Waals surface area contributed by atoms with E-state index in [9.17, 15) is 37.6 Å². The summed E-state index contributed by atoms with van der Waals surface area (Å²) in [5.74, 6) is -4.78. The third-order valence-corrected chi connectivity index (χ3v) is 9.67. The molecular weight excluding hydrogens is 529 g/mol. The molecule has 0 spiro atoms. The standard InChI is InChI=1S/C27H39F3N6O4/c1-26(2)18-13-36(21(19(18)26)23(38)33-16(12-31)11-15-9-10-32-22(15)37)24(39)20(34-25(40)27(28,29)30)14-5-7-17(8-6-14)35(3)4/h14-21H,5-11,13H2,1-4H3,(H,32,37)(H,33,38)(H,34,40)/t14?,15?,16-,17?,18-,19-,20?,21-/m0/s1. The van der Waals surface area contributed by atoms with Gasteiger partial charge in [0.05, 0.1) is 6.07 Å². The zero-order chi connectivity index (χ0) is 29.6. The minimum atomic E-state index is -5.15. The summed E-state index contributed by atoms with van der Waals surface area (Å²) < 4.78 is 39.8. The second-order valence-corrected chi connectivity index (χ2v) is 12.6. The predicted molar refractivity (Wildman–Crippen MR) is 137 cm³/mol. The number of hydrogen-bond donors (Lipinski definition) is 3. The summed E-state index contributed by atoms with van der Waals surface area (Å²) in [4.78, 5) is 54.9. The number of alkyl halides is 3. The zero-order valence-electron chi connectivity index (χ0n) is 23.4. The first kappa shape index (κ1) is 30.1. The third kappa shape index (κ3) is 5.92. The Bertz CT molecular complexity index is 1070. The molecule has 3 N–H and O–H groups in total. The fraction of sp³-hybridized carbons (Fsp3) is 0.815. The lowest BCUT2D eigenvalue weighted by Crippen LogP contribution is -2.60. The molecule has 13 heteroatoms. The molecule has 2 aliphatic heterocycles. The van der Waals surface area contributed by atoms with Crippen molar-refractivity contribution in [3.05, 3.63) is 0 Å². The fourth-order valence-electron chi connectivity index (χ4n) is 7.10. The second kappa shape index (κ2) is 11.2. The van der Waals surface area contributed by atoms with Gasteiger partial charge in [0.2, 0.25) is 17.7 Å². The number of nitrogens with one attached hydrogen (secondary N) is 3. The van der Waals surface area contributed by atoms with Gasteiger partial charge in [0.1, 0.15) is 18.1 Å². The van der Waals surface area contributed by atoms with Crippen molar-refractivity contribution in [2.24, 2.45) is 29.1 Å². The molecule has 2 saturated heterocycles. The lowest BCUT2D eigenvalue weighted by molar-refractivity contribution is -0.176. The number of halogens is 3. The maximum absolute atomic E-state index is 13.9. The van der Waals surface area contributed by atoms with Gasteiger partial charge in [-0.15, -0.1) is 0 Å². The van der Waals surface area contributed by atoms with Crippen molar-refractivity contribution in [1.82, 2.24) is 25.8 Å². The first-order valence-corrected chi connectivity index (χ1v) is 14.0. The lowest BCUT2D eigenvalue weighted by atomic mass is 9.80. The molecule has 40 heavy (non-hydrogen) atoms. The summed E-state index contributed by atoms with van der Waals surface area (Å²) in [5, 5.41) is 17.0. The van der Waals surface area contributed by atoms with Crippen molar-refractivity contribution in [1.29, 1.82) is 5.26 Å². The van der Waals surface area contributed by atoms with Crippen LogP contribution in [-0.4, -0.2) is 91.0 Å². The van der Waals surface area contributed by atoms with Gasteiger partial charge in [-0.3, -0.25) is 19.2 Å². The van der Waals surface area contributed by atoms with Gasteiger partial charge in [-0.05, 0) is 75.8 Å². The van der Waals surface area contributed by atoms with Crippen LogP contribution >= 0.6 is 0 Å². The first-order valence-electron chi connectivity index (χ1n) is 14.0. The van der Waals surface area contributed by atoms with Gasteiger partial charge in [0.15, 0.2) is 0 Å². The largest absolute Gasteiger partial charge is 0.471 e. The van der Waals surface area contributed by atoms with Crippen LogP contribution in [0.15, 0.2) is 0 Å². The quantitative estimate of drug-likeness (QED) is 0.403. The summed E-state index contributed by atoms with van der Waals surface area (Å²) >= 11 is 0. The van der Waals surface area contributed by atoms with Gasteiger partial charge in [-0.25, -0.2) is 0 Å². The highest BCUT2D eigenvalue weighted by Crippen LogP contribution is 2.65. The van der Waals surface area contributed by atoms with Crippen LogP contribution in [0.5, 0.6) is 0 Å². The van der Waals surface area contributed by atoms with Gasteiger partial charge in [0.25, 0.3) is 0 Å². The molecular formula is C27H39F3N6O4. The Morgan fingerprint density at radius 3 is 2.33 bits per heavy atom. The van der Waals surface area contributed by atoms with Gasteiger partial charge in [0, 0.05) is 25.0 Å². The first-order chi connectivity index (χ1) is 18.7. The van der Waals surface area contributed by atoms with Crippen LogP contribution in [0.4, 0.5) is 13.2 Å². The van der Waals surface area contributed by atoms with Crippen molar-refractivity contribution in [2.45, 2.75) is 82.7 Å². The predicted octanol–water partition coefficient (Wildman–Crippen LogP) is 1.17. The molecule has 2 heterocycles. The zero-order valence-corrected chi connectivity index (χ0v) is 23.4. The number of piperidine rings is 1. The van der Waals surface area contributed by atoms with Crippen molar-refractivity contribution in [3.63, 3.8) is 0 Å². The van der Waals surface area contributed by atoms with E-state index in [1.807, 2.05) is 44.2 Å². The molecule has 4 rings (SSSR count). The van der Waals surface area contributed by atoms with Crippen molar-refractivity contribution in [3.8, 4) is 6.07 Å². The van der Waals surface area contributed by atoms with E-state index in [0.29, 0.717) is 38.6 Å². The van der Waals surface area contributed by atoms with Crippen LogP contribution in [0.2, 0.25) is 0 Å². The number of fused-ring (bicyclic) bond motifs is 1. The highest BCUT2D eigenvalue weighted by Gasteiger charge is 2.69. The summed E-state index contributed by atoms with van der Waals surface area (Å²) in [6, 6.07) is -1.10. The summed E-state index contributed by atoms with van der Waals surface area (Å²) in [6.45, 7) is 4.63. The topological polar surface area (TPSA) is 135 Å². The van der Waals surface area contributed by atoms with E-state index in [1.54, 1.807) is 0 Å². The molecule has 0 aromatic rings. The molecule has 2 unspecified atom stereocenters.